The lowest BCUT2D eigenvalue weighted by molar-refractivity contribution is 0.0807. The van der Waals surface area contributed by atoms with Crippen molar-refractivity contribution in [2.75, 3.05) is 6.61 Å². The van der Waals surface area contributed by atoms with Crippen molar-refractivity contribution in [3.8, 4) is 0 Å². The maximum Gasteiger partial charge on any atom is 0.291 e. The smallest absolute Gasteiger partial charge is 0.291 e. The van der Waals surface area contributed by atoms with E-state index in [1.807, 2.05) is 27.7 Å². The van der Waals surface area contributed by atoms with Gasteiger partial charge in [0.05, 0.1) is 12.1 Å². The first-order valence-corrected chi connectivity index (χ1v) is 6.33. The fraction of sp³-hybridized carbons (Fsp3) is 0.750. The Balaban J connectivity index is 2.80. The van der Waals surface area contributed by atoms with E-state index in [4.69, 9.17) is 0 Å². The predicted molar refractivity (Wildman–Crippen MR) is 68.3 cm³/mol. The van der Waals surface area contributed by atoms with E-state index in [1.54, 1.807) is 0 Å². The fourth-order valence-electron chi connectivity index (χ4n) is 1.62. The van der Waals surface area contributed by atoms with Gasteiger partial charge < -0.3 is 10.4 Å². The Morgan fingerprint density at radius 3 is 2.44 bits per heavy atom. The van der Waals surface area contributed by atoms with Crippen molar-refractivity contribution >= 4 is 5.91 Å². The van der Waals surface area contributed by atoms with E-state index in [-0.39, 0.29) is 24.3 Å². The molecule has 0 saturated heterocycles. The van der Waals surface area contributed by atoms with Crippen molar-refractivity contribution in [3.63, 3.8) is 0 Å². The van der Waals surface area contributed by atoms with Crippen LogP contribution in [0.1, 0.15) is 62.9 Å². The molecule has 1 rings (SSSR count). The molecule has 3 N–H and O–H groups in total. The Kier molecular flexibility index (Phi) is 4.84. The van der Waals surface area contributed by atoms with Gasteiger partial charge in [-0.3, -0.25) is 9.89 Å². The number of carbonyl (C=O) groups is 1. The Labute approximate surface area is 107 Å². The molecule has 1 aromatic heterocycles. The molecule has 0 saturated carbocycles. The summed E-state index contributed by atoms with van der Waals surface area (Å²) in [5.74, 6) is 0.649. The predicted octanol–water partition coefficient (Wildman–Crippen LogP) is 1.21. The molecule has 0 aliphatic carbocycles. The number of carbonyl (C=O) groups excluding carboxylic acids is 1. The van der Waals surface area contributed by atoms with Crippen LogP contribution in [0, 0.1) is 0 Å². The summed E-state index contributed by atoms with van der Waals surface area (Å²) in [6.07, 6.45) is 1.32. The van der Waals surface area contributed by atoms with E-state index in [9.17, 15) is 9.90 Å². The Bertz CT molecular complexity index is 388. The minimum Gasteiger partial charge on any atom is -0.394 e. The van der Waals surface area contributed by atoms with Crippen LogP contribution in [-0.2, 0) is 0 Å². The lowest BCUT2D eigenvalue weighted by Crippen LogP contribution is -2.50. The molecule has 0 unspecified atom stereocenters. The number of aliphatic hydroxyl groups is 1. The topological polar surface area (TPSA) is 90.9 Å². The van der Waals surface area contributed by atoms with Crippen LogP contribution >= 0.6 is 0 Å². The number of nitrogens with one attached hydrogen (secondary N) is 2. The van der Waals surface area contributed by atoms with Crippen molar-refractivity contribution in [1.82, 2.24) is 20.5 Å². The highest BCUT2D eigenvalue weighted by Crippen LogP contribution is 2.15. The second kappa shape index (κ2) is 5.95. The number of aromatic amines is 1. The molecule has 18 heavy (non-hydrogen) atoms. The number of hydrogen-bond donors (Lipinski definition) is 3. The molecule has 0 aliphatic heterocycles. The highest BCUT2D eigenvalue weighted by atomic mass is 16.3. The third kappa shape index (κ3) is 3.07. The molecule has 0 fully saturated rings. The van der Waals surface area contributed by atoms with Crippen molar-refractivity contribution in [2.45, 2.75) is 52.0 Å². The average molecular weight is 254 g/mol. The van der Waals surface area contributed by atoms with E-state index in [1.165, 1.54) is 0 Å². The summed E-state index contributed by atoms with van der Waals surface area (Å²) in [4.78, 5) is 16.1. The number of rotatable bonds is 6. The van der Waals surface area contributed by atoms with Crippen molar-refractivity contribution in [3.05, 3.63) is 11.6 Å². The number of aromatic nitrogens is 3. The number of H-pyrrole nitrogens is 1. The molecule has 0 bridgehead atoms. The molecule has 0 aliphatic rings. The van der Waals surface area contributed by atoms with E-state index in [0.717, 1.165) is 0 Å². The Morgan fingerprint density at radius 2 is 2.06 bits per heavy atom. The van der Waals surface area contributed by atoms with Crippen LogP contribution in [0.4, 0.5) is 0 Å². The molecule has 1 heterocycles. The molecular weight excluding hydrogens is 232 g/mol. The maximum atomic E-state index is 12.0. The van der Waals surface area contributed by atoms with Gasteiger partial charge in [-0.05, 0) is 12.8 Å². The summed E-state index contributed by atoms with van der Waals surface area (Å²) in [5, 5.41) is 18.9. The number of nitrogens with zero attached hydrogens (tertiary/aromatic N) is 2. The van der Waals surface area contributed by atoms with Gasteiger partial charge in [0.25, 0.3) is 5.91 Å². The van der Waals surface area contributed by atoms with E-state index in [2.05, 4.69) is 20.5 Å². The van der Waals surface area contributed by atoms with Crippen molar-refractivity contribution in [2.24, 2.45) is 0 Å². The minimum atomic E-state index is -0.588. The van der Waals surface area contributed by atoms with Crippen LogP contribution in [0.25, 0.3) is 0 Å². The summed E-state index contributed by atoms with van der Waals surface area (Å²) in [6.45, 7) is 7.71. The van der Waals surface area contributed by atoms with E-state index < -0.39 is 5.54 Å². The SMILES string of the molecule is CCC(CC)(CO)NC(=O)c1n[nH]c(C(C)C)n1. The molecule has 6 nitrogen and oxygen atoms in total. The second-order valence-electron chi connectivity index (χ2n) is 4.80. The molecule has 1 amide bonds. The number of aliphatic hydroxyl groups excluding tert-OH is 1. The van der Waals surface area contributed by atoms with Gasteiger partial charge in [0.15, 0.2) is 0 Å². The normalized spacial score (nSPS) is 11.9. The highest BCUT2D eigenvalue weighted by Gasteiger charge is 2.29. The third-order valence-electron chi connectivity index (χ3n) is 3.29. The molecule has 0 spiro atoms. The van der Waals surface area contributed by atoms with Crippen LogP contribution in [0.5, 0.6) is 0 Å². The highest BCUT2D eigenvalue weighted by molar-refractivity contribution is 5.90. The molecular formula is C12H22N4O2. The van der Waals surface area contributed by atoms with Gasteiger partial charge in [0.1, 0.15) is 5.82 Å². The van der Waals surface area contributed by atoms with Crippen molar-refractivity contribution < 1.29 is 9.90 Å². The first-order chi connectivity index (χ1) is 8.48. The summed E-state index contributed by atoms with van der Waals surface area (Å²) >= 11 is 0. The first kappa shape index (κ1) is 14.6. The monoisotopic (exact) mass is 254 g/mol. The fourth-order valence-corrected chi connectivity index (χ4v) is 1.62. The maximum absolute atomic E-state index is 12.0. The average Bonchev–Trinajstić information content (AvgIpc) is 2.86. The van der Waals surface area contributed by atoms with Crippen LogP contribution in [0.15, 0.2) is 0 Å². The van der Waals surface area contributed by atoms with Gasteiger partial charge in [0.2, 0.25) is 5.82 Å². The lowest BCUT2D eigenvalue weighted by Gasteiger charge is -2.30. The lowest BCUT2D eigenvalue weighted by atomic mass is 9.94. The summed E-state index contributed by atoms with van der Waals surface area (Å²) in [5.41, 5.74) is -0.588. The van der Waals surface area contributed by atoms with E-state index in [0.29, 0.717) is 18.7 Å². The van der Waals surface area contributed by atoms with Gasteiger partial charge in [-0.2, -0.15) is 0 Å². The van der Waals surface area contributed by atoms with Crippen LogP contribution in [-0.4, -0.2) is 38.3 Å². The van der Waals surface area contributed by atoms with Crippen LogP contribution in [0.2, 0.25) is 0 Å². The van der Waals surface area contributed by atoms with Gasteiger partial charge in [-0.15, -0.1) is 5.10 Å². The molecule has 6 heteroatoms. The minimum absolute atomic E-state index is 0.0901. The zero-order valence-corrected chi connectivity index (χ0v) is 11.4. The molecule has 0 aromatic carbocycles. The summed E-state index contributed by atoms with van der Waals surface area (Å²) < 4.78 is 0. The van der Waals surface area contributed by atoms with Gasteiger partial charge in [-0.25, -0.2) is 4.98 Å². The Morgan fingerprint density at radius 1 is 1.44 bits per heavy atom. The van der Waals surface area contributed by atoms with Crippen LogP contribution < -0.4 is 5.32 Å². The quantitative estimate of drug-likeness (QED) is 0.711. The number of amides is 1. The molecule has 0 radical (unpaired) electrons. The van der Waals surface area contributed by atoms with E-state index >= 15 is 0 Å². The Hall–Kier alpha value is -1.43. The summed E-state index contributed by atoms with van der Waals surface area (Å²) in [7, 11) is 0. The third-order valence-corrected chi connectivity index (χ3v) is 3.29. The van der Waals surface area contributed by atoms with Crippen molar-refractivity contribution in [1.29, 1.82) is 0 Å². The van der Waals surface area contributed by atoms with Gasteiger partial charge in [-0.1, -0.05) is 27.7 Å². The second-order valence-corrected chi connectivity index (χ2v) is 4.80. The zero-order chi connectivity index (χ0) is 13.8. The zero-order valence-electron chi connectivity index (χ0n) is 11.4. The molecule has 1 aromatic rings. The van der Waals surface area contributed by atoms with Crippen LogP contribution in [0.3, 0.4) is 0 Å². The standard InChI is InChI=1S/C12H22N4O2/c1-5-12(6-2,7-17)14-11(18)10-13-9(8(3)4)15-16-10/h8,17H,5-7H2,1-4H3,(H,14,18)(H,13,15,16). The molecule has 0 atom stereocenters. The van der Waals surface area contributed by atoms with Gasteiger partial charge >= 0.3 is 0 Å². The first-order valence-electron chi connectivity index (χ1n) is 6.33. The largest absolute Gasteiger partial charge is 0.394 e. The molecule has 102 valence electrons. The van der Waals surface area contributed by atoms with Gasteiger partial charge in [0, 0.05) is 5.92 Å². The number of hydrogen-bond acceptors (Lipinski definition) is 4. The summed E-state index contributed by atoms with van der Waals surface area (Å²) in [6, 6.07) is 0.